The van der Waals surface area contributed by atoms with Gasteiger partial charge in [-0.2, -0.15) is 0 Å². The third-order valence-electron chi connectivity index (χ3n) is 26.4. The number of hydrogen-bond acceptors (Lipinski definition) is 4. The van der Waals surface area contributed by atoms with Crippen molar-refractivity contribution < 1.29 is 0 Å². The molecule has 0 N–H and O–H groups in total. The van der Waals surface area contributed by atoms with Crippen molar-refractivity contribution in [3.63, 3.8) is 0 Å². The van der Waals surface area contributed by atoms with Crippen molar-refractivity contribution in [2.75, 3.05) is 19.6 Å². The molecule has 0 atom stereocenters. The summed E-state index contributed by atoms with van der Waals surface area (Å²) in [4.78, 5) is 10.2. The average Bonchev–Trinajstić information content (AvgIpc) is 1.57. The zero-order valence-electron chi connectivity index (χ0n) is 77.7. The lowest BCUT2D eigenvalue weighted by Gasteiger charge is -2.42. The van der Waals surface area contributed by atoms with E-state index < -0.39 is 0 Å². The molecule has 0 aromatic heterocycles. The molecule has 4 heteroatoms. The fourth-order valence-electron chi connectivity index (χ4n) is 20.7. The van der Waals surface area contributed by atoms with E-state index in [1.807, 2.05) is 0 Å². The Morgan fingerprint density at radius 3 is 0.770 bits per heavy atom. The molecule has 0 unspecified atom stereocenters. The first-order valence-electron chi connectivity index (χ1n) is 44.3. The van der Waals surface area contributed by atoms with Gasteiger partial charge in [-0.05, 0) is 260 Å². The van der Waals surface area contributed by atoms with Gasteiger partial charge in [-0.25, -0.2) is 0 Å². The maximum absolute atomic E-state index is 2.61. The highest BCUT2D eigenvalue weighted by molar-refractivity contribution is 6.00. The van der Waals surface area contributed by atoms with Crippen molar-refractivity contribution in [1.29, 1.82) is 0 Å². The smallest absolute Gasteiger partial charge is 0.0528 e. The van der Waals surface area contributed by atoms with E-state index in [1.54, 1.807) is 0 Å². The van der Waals surface area contributed by atoms with Gasteiger partial charge in [0.25, 0.3) is 0 Å². The SMILES string of the molecule is Cc1ccc2c(c1N(c1ccccc1)C(C)(C)C)-c1ccccc1C2(C)C.Cc1ccc2c(c1N(c1ccccc1-c1ccccc1)C(C)(C)C)-c1ccccc1C2(C)C.Cc1cccc(-c2ccccc2)c1N(c1c(C)ccc2c1-c1ccccc1C2(C)C)C(C)(C)C.Cc1ccccc1N(c1c(C)ccc2c1-c1ccccc1C2(C)C)C(C)(C)C. The average molecular weight is 1600 g/mol. The van der Waals surface area contributed by atoms with Crippen molar-refractivity contribution in [2.45, 2.75) is 224 Å². The number of aryl methyl sites for hydroxylation is 6. The summed E-state index contributed by atoms with van der Waals surface area (Å²) in [6.45, 7) is 60.1. The quantitative estimate of drug-likeness (QED) is 0.135. The molecule has 14 aromatic carbocycles. The van der Waals surface area contributed by atoms with Crippen LogP contribution in [-0.2, 0) is 21.7 Å². The molecule has 0 radical (unpaired) electrons. The van der Waals surface area contributed by atoms with Crippen LogP contribution in [0.3, 0.4) is 0 Å². The summed E-state index contributed by atoms with van der Waals surface area (Å²) in [6.07, 6.45) is 0. The zero-order valence-corrected chi connectivity index (χ0v) is 77.7. The molecule has 0 amide bonds. The van der Waals surface area contributed by atoms with E-state index in [2.05, 4.69) is 503 Å². The van der Waals surface area contributed by atoms with Crippen LogP contribution in [0.1, 0.15) is 216 Å². The summed E-state index contributed by atoms with van der Waals surface area (Å²) in [6, 6.07) is 111. The number of nitrogens with zero attached hydrogens (tertiary/aromatic N) is 4. The van der Waals surface area contributed by atoms with Gasteiger partial charge in [0.1, 0.15) is 0 Å². The van der Waals surface area contributed by atoms with Gasteiger partial charge in [-0.1, -0.05) is 334 Å². The molecule has 0 heterocycles. The van der Waals surface area contributed by atoms with Gasteiger partial charge in [0.15, 0.2) is 0 Å². The highest BCUT2D eigenvalue weighted by atomic mass is 15.2. The summed E-state index contributed by atoms with van der Waals surface area (Å²) in [5, 5.41) is 0. The predicted octanol–water partition coefficient (Wildman–Crippen LogP) is 32.9. The van der Waals surface area contributed by atoms with Gasteiger partial charge in [0.05, 0.1) is 28.4 Å². The number of hydrogen-bond donors (Lipinski definition) is 0. The van der Waals surface area contributed by atoms with Crippen LogP contribution >= 0.6 is 0 Å². The van der Waals surface area contributed by atoms with Crippen LogP contribution in [0.2, 0.25) is 0 Å². The number of benzene rings is 14. The third-order valence-corrected chi connectivity index (χ3v) is 26.4. The predicted molar refractivity (Wildman–Crippen MR) is 529 cm³/mol. The van der Waals surface area contributed by atoms with Gasteiger partial charge in [-0.3, -0.25) is 0 Å². The summed E-state index contributed by atoms with van der Waals surface area (Å²) < 4.78 is 0. The summed E-state index contributed by atoms with van der Waals surface area (Å²) in [5.74, 6) is 0. The Labute approximate surface area is 732 Å². The van der Waals surface area contributed by atoms with E-state index >= 15 is 0 Å². The summed E-state index contributed by atoms with van der Waals surface area (Å²) >= 11 is 0. The Morgan fingerprint density at radius 2 is 0.426 bits per heavy atom. The maximum atomic E-state index is 2.61. The molecule has 18 rings (SSSR count). The molecule has 0 fully saturated rings. The second kappa shape index (κ2) is 31.9. The van der Waals surface area contributed by atoms with Crippen LogP contribution in [0.4, 0.5) is 45.5 Å². The Kier molecular flexibility index (Phi) is 22.3. The van der Waals surface area contributed by atoms with Crippen molar-refractivity contribution in [3.8, 4) is 66.8 Å². The fraction of sp³-hybridized carbons (Fsp3) is 0.288. The minimum absolute atomic E-state index is 0.0170. The minimum atomic E-state index is -0.128. The summed E-state index contributed by atoms with van der Waals surface area (Å²) in [7, 11) is 0. The second-order valence-electron chi connectivity index (χ2n) is 40.7. The van der Waals surface area contributed by atoms with Crippen molar-refractivity contribution >= 4 is 45.5 Å². The molecule has 0 aliphatic heterocycles. The molecule has 4 nitrogen and oxygen atoms in total. The maximum Gasteiger partial charge on any atom is 0.0528 e. The topological polar surface area (TPSA) is 13.0 Å². The Morgan fingerprint density at radius 1 is 0.180 bits per heavy atom. The van der Waals surface area contributed by atoms with Gasteiger partial charge >= 0.3 is 0 Å². The first kappa shape index (κ1) is 85.3. The second-order valence-corrected chi connectivity index (χ2v) is 40.7. The monoisotopic (exact) mass is 1600 g/mol. The van der Waals surface area contributed by atoms with E-state index in [4.69, 9.17) is 0 Å². The Balaban J connectivity index is 0.000000127. The lowest BCUT2D eigenvalue weighted by atomic mass is 9.82. The van der Waals surface area contributed by atoms with Gasteiger partial charge in [0, 0.05) is 94.3 Å². The number of para-hydroxylation sites is 4. The molecule has 0 spiro atoms. The molecule has 0 bridgehead atoms. The molecule has 122 heavy (non-hydrogen) atoms. The number of rotatable bonds is 10. The van der Waals surface area contributed by atoms with Crippen LogP contribution in [0.15, 0.2) is 303 Å². The van der Waals surface area contributed by atoms with Crippen molar-refractivity contribution in [2.24, 2.45) is 0 Å². The van der Waals surface area contributed by atoms with Crippen LogP contribution in [0.5, 0.6) is 0 Å². The Hall–Kier alpha value is -11.7. The zero-order chi connectivity index (χ0) is 87.3. The molecule has 620 valence electrons. The molecular formula is C118H128N4. The Bertz CT molecular complexity index is 6260. The summed E-state index contributed by atoms with van der Waals surface area (Å²) in [5.41, 5.74) is 45.4. The standard InChI is InChI=1S/C33H35N.C32H33N.C27H31N.C26H29N/c1-22-14-13-18-25(24-15-9-8-10-16-24)30(22)34(32(3,4)5)31-23(2)20-21-28-29(31)26-17-11-12-19-27(26)33(28,6)7;1-22-20-21-27-29(25-17-10-12-18-26(25)32(27,5)6)30(22)33(31(2,3)4)28-19-13-11-16-24(28)23-14-8-7-9-15-23;1-18-12-8-11-15-23(18)28(26(3,4)5)25-19(2)16-17-22-24(25)20-13-9-10-14-21(20)27(22,6)7;1-18-16-17-22-23(20-14-10-11-15-21(20)26(22,5)6)24(18)27(25(2,3)4)19-12-8-7-9-13-19/h8-21H,1-7H3;7-21H,1-6H3;8-17H,1-7H3;7-17H,1-6H3. The first-order valence-corrected chi connectivity index (χ1v) is 44.3. The molecular weight excluding hydrogens is 1470 g/mol. The van der Waals surface area contributed by atoms with Gasteiger partial charge in [-0.15, -0.1) is 0 Å². The normalized spacial score (nSPS) is 14.2. The minimum Gasteiger partial charge on any atom is -0.335 e. The highest BCUT2D eigenvalue weighted by Crippen LogP contribution is 2.61. The van der Waals surface area contributed by atoms with Crippen molar-refractivity contribution in [1.82, 2.24) is 0 Å². The fourth-order valence-corrected chi connectivity index (χ4v) is 20.7. The number of anilines is 8. The third kappa shape index (κ3) is 15.0. The molecule has 14 aromatic rings. The van der Waals surface area contributed by atoms with Crippen molar-refractivity contribution in [3.05, 3.63) is 381 Å². The number of fused-ring (bicyclic) bond motifs is 12. The molecule has 0 saturated heterocycles. The van der Waals surface area contributed by atoms with E-state index in [-0.39, 0.29) is 43.8 Å². The van der Waals surface area contributed by atoms with Crippen LogP contribution in [0, 0.1) is 41.5 Å². The van der Waals surface area contributed by atoms with E-state index in [0.717, 1.165) is 0 Å². The van der Waals surface area contributed by atoms with E-state index in [1.165, 1.54) is 190 Å². The lowest BCUT2D eigenvalue weighted by Crippen LogP contribution is -2.39. The van der Waals surface area contributed by atoms with Crippen LogP contribution in [-0.4, -0.2) is 22.2 Å². The van der Waals surface area contributed by atoms with E-state index in [0.29, 0.717) is 0 Å². The largest absolute Gasteiger partial charge is 0.335 e. The van der Waals surface area contributed by atoms with Crippen LogP contribution < -0.4 is 19.6 Å². The lowest BCUT2D eigenvalue weighted by molar-refractivity contribution is 0.558. The molecule has 4 aliphatic rings. The first-order chi connectivity index (χ1) is 57.7. The van der Waals surface area contributed by atoms with Gasteiger partial charge in [0.2, 0.25) is 0 Å². The van der Waals surface area contributed by atoms with E-state index in [9.17, 15) is 0 Å². The molecule has 0 saturated carbocycles. The highest BCUT2D eigenvalue weighted by Gasteiger charge is 2.46. The molecule has 4 aliphatic carbocycles. The van der Waals surface area contributed by atoms with Crippen LogP contribution in [0.25, 0.3) is 66.8 Å². The van der Waals surface area contributed by atoms with Gasteiger partial charge < -0.3 is 19.6 Å².